The van der Waals surface area contributed by atoms with Crippen LogP contribution in [0.25, 0.3) is 22.3 Å². The van der Waals surface area contributed by atoms with Gasteiger partial charge < -0.3 is 9.47 Å². The van der Waals surface area contributed by atoms with Gasteiger partial charge in [0, 0.05) is 6.42 Å². The lowest BCUT2D eigenvalue weighted by Crippen LogP contribution is -2.12. The van der Waals surface area contributed by atoms with Crippen molar-refractivity contribution in [2.45, 2.75) is 84.5 Å². The molecule has 0 unspecified atom stereocenters. The van der Waals surface area contributed by atoms with Crippen LogP contribution < -0.4 is 4.74 Å². The van der Waals surface area contributed by atoms with Crippen molar-refractivity contribution in [1.29, 1.82) is 0 Å². The molecule has 0 saturated carbocycles. The van der Waals surface area contributed by atoms with Gasteiger partial charge in [-0.1, -0.05) is 119 Å². The maximum Gasteiger partial charge on any atom is 0.343 e. The SMILES string of the molecule is C=C(C)[C@@H]1CC=C(OC(=O)c2ccccc2-c2cc(OCCCCCCCCCC)ccc2-c2ccccc2)CC1. The molecule has 1 aliphatic carbocycles. The molecular formula is C38H46O3. The van der Waals surface area contributed by atoms with Crippen LogP contribution in [0.2, 0.25) is 0 Å². The number of carbonyl (C=O) groups excluding carboxylic acids is 1. The second-order valence-corrected chi connectivity index (χ2v) is 11.3. The number of unbranched alkanes of at least 4 members (excludes halogenated alkanes) is 7. The summed E-state index contributed by atoms with van der Waals surface area (Å²) in [6.07, 6.45) is 14.8. The van der Waals surface area contributed by atoms with Crippen LogP contribution in [0.4, 0.5) is 0 Å². The van der Waals surface area contributed by atoms with Crippen molar-refractivity contribution in [3.05, 3.63) is 102 Å². The Morgan fingerprint density at radius 3 is 2.24 bits per heavy atom. The average Bonchev–Trinajstić information content (AvgIpc) is 3.01. The second kappa shape index (κ2) is 16.0. The van der Waals surface area contributed by atoms with Gasteiger partial charge in [-0.3, -0.25) is 0 Å². The van der Waals surface area contributed by atoms with Gasteiger partial charge in [-0.25, -0.2) is 4.79 Å². The minimum atomic E-state index is -0.315. The first kappa shape index (κ1) is 30.4. The van der Waals surface area contributed by atoms with Crippen molar-refractivity contribution in [2.75, 3.05) is 6.61 Å². The van der Waals surface area contributed by atoms with Crippen molar-refractivity contribution in [3.63, 3.8) is 0 Å². The van der Waals surface area contributed by atoms with Gasteiger partial charge >= 0.3 is 5.97 Å². The third-order valence-electron chi connectivity index (χ3n) is 8.07. The van der Waals surface area contributed by atoms with Crippen LogP contribution in [0.1, 0.15) is 94.8 Å². The minimum Gasteiger partial charge on any atom is -0.494 e. The zero-order chi connectivity index (χ0) is 28.9. The summed E-state index contributed by atoms with van der Waals surface area (Å²) in [6.45, 7) is 9.12. The fourth-order valence-electron chi connectivity index (χ4n) is 5.55. The summed E-state index contributed by atoms with van der Waals surface area (Å²) in [5, 5.41) is 0. The first-order valence-electron chi connectivity index (χ1n) is 15.5. The number of hydrogen-bond donors (Lipinski definition) is 0. The smallest absolute Gasteiger partial charge is 0.343 e. The third kappa shape index (κ3) is 8.95. The predicted molar refractivity (Wildman–Crippen MR) is 171 cm³/mol. The molecule has 0 radical (unpaired) electrons. The average molecular weight is 551 g/mol. The van der Waals surface area contributed by atoms with E-state index in [1.165, 1.54) is 50.5 Å². The lowest BCUT2D eigenvalue weighted by Gasteiger charge is -2.22. The Bertz CT molecular complexity index is 1300. The monoisotopic (exact) mass is 550 g/mol. The van der Waals surface area contributed by atoms with E-state index in [1.807, 2.05) is 48.5 Å². The number of allylic oxidation sites excluding steroid dienone is 3. The molecule has 0 aromatic heterocycles. The zero-order valence-electron chi connectivity index (χ0n) is 25.0. The van der Waals surface area contributed by atoms with Crippen molar-refractivity contribution >= 4 is 5.97 Å². The summed E-state index contributed by atoms with van der Waals surface area (Å²) in [4.78, 5) is 13.5. The first-order valence-corrected chi connectivity index (χ1v) is 15.5. The number of hydrogen-bond acceptors (Lipinski definition) is 3. The molecular weight excluding hydrogens is 504 g/mol. The van der Waals surface area contributed by atoms with Gasteiger partial charge in [0.15, 0.2) is 0 Å². The second-order valence-electron chi connectivity index (χ2n) is 11.3. The van der Waals surface area contributed by atoms with Gasteiger partial charge in [-0.2, -0.15) is 0 Å². The number of benzene rings is 3. The molecule has 0 amide bonds. The number of carbonyl (C=O) groups is 1. The molecule has 41 heavy (non-hydrogen) atoms. The zero-order valence-corrected chi connectivity index (χ0v) is 25.0. The highest BCUT2D eigenvalue weighted by atomic mass is 16.5. The van der Waals surface area contributed by atoms with Gasteiger partial charge in [0.25, 0.3) is 0 Å². The minimum absolute atomic E-state index is 0.315. The normalized spacial score (nSPS) is 14.8. The first-order chi connectivity index (χ1) is 20.1. The maximum atomic E-state index is 13.5. The van der Waals surface area contributed by atoms with Gasteiger partial charge in [0.1, 0.15) is 11.5 Å². The molecule has 0 aliphatic heterocycles. The quantitative estimate of drug-likeness (QED) is 0.107. The van der Waals surface area contributed by atoms with E-state index in [2.05, 4.69) is 50.8 Å². The van der Waals surface area contributed by atoms with Crippen molar-refractivity contribution in [1.82, 2.24) is 0 Å². The third-order valence-corrected chi connectivity index (χ3v) is 8.07. The Morgan fingerprint density at radius 2 is 1.54 bits per heavy atom. The Kier molecular flexibility index (Phi) is 11.9. The van der Waals surface area contributed by atoms with Gasteiger partial charge in [-0.15, -0.1) is 0 Å². The van der Waals surface area contributed by atoms with Crippen LogP contribution in [-0.4, -0.2) is 12.6 Å². The standard InChI is InChI=1S/C38H46O3/c1-4-5-6-7-8-9-10-16-27-40-33-25-26-34(31-17-12-11-13-18-31)37(28-33)35-19-14-15-20-36(35)38(39)41-32-23-21-30(22-24-32)29(2)3/h11-15,17-20,23,25-26,28,30H,2,4-10,16,21-22,24,27H2,1,3H3/t30-/m1/s1. The number of ether oxygens (including phenoxy) is 2. The molecule has 0 spiro atoms. The summed E-state index contributed by atoms with van der Waals surface area (Å²) in [6, 6.07) is 24.3. The highest BCUT2D eigenvalue weighted by molar-refractivity contribution is 6.00. The van der Waals surface area contributed by atoms with Crippen molar-refractivity contribution in [2.24, 2.45) is 5.92 Å². The van der Waals surface area contributed by atoms with E-state index < -0.39 is 0 Å². The molecule has 0 fully saturated rings. The maximum absolute atomic E-state index is 13.5. The van der Waals surface area contributed by atoms with Crippen LogP contribution in [0, 0.1) is 5.92 Å². The molecule has 0 N–H and O–H groups in total. The lowest BCUT2D eigenvalue weighted by molar-refractivity contribution is 0.0606. The van der Waals surface area contributed by atoms with Crippen molar-refractivity contribution < 1.29 is 14.3 Å². The van der Waals surface area contributed by atoms with E-state index in [1.54, 1.807) is 0 Å². The molecule has 1 aliphatic rings. The molecule has 1 atom stereocenters. The van der Waals surface area contributed by atoms with Crippen LogP contribution in [0.3, 0.4) is 0 Å². The molecule has 3 aromatic carbocycles. The lowest BCUT2D eigenvalue weighted by atomic mass is 9.88. The van der Waals surface area contributed by atoms with Gasteiger partial charge in [0.05, 0.1) is 12.2 Å². The summed E-state index contributed by atoms with van der Waals surface area (Å²) < 4.78 is 12.2. The fourth-order valence-corrected chi connectivity index (χ4v) is 5.55. The Morgan fingerprint density at radius 1 is 0.829 bits per heavy atom. The van der Waals surface area contributed by atoms with Crippen LogP contribution in [-0.2, 0) is 4.74 Å². The summed E-state index contributed by atoms with van der Waals surface area (Å²) >= 11 is 0. The molecule has 0 saturated heterocycles. The molecule has 0 heterocycles. The molecule has 4 rings (SSSR count). The fraction of sp³-hybridized carbons (Fsp3) is 0.395. The Hall–Kier alpha value is -3.59. The molecule has 3 aromatic rings. The molecule has 216 valence electrons. The summed E-state index contributed by atoms with van der Waals surface area (Å²) in [5.41, 5.74) is 5.73. The van der Waals surface area contributed by atoms with E-state index in [0.29, 0.717) is 18.1 Å². The Balaban J connectivity index is 1.51. The van der Waals surface area contributed by atoms with Crippen LogP contribution >= 0.6 is 0 Å². The van der Waals surface area contributed by atoms with E-state index in [0.717, 1.165) is 59.4 Å². The van der Waals surface area contributed by atoms with Gasteiger partial charge in [-0.05, 0) is 78.6 Å². The van der Waals surface area contributed by atoms with E-state index in [9.17, 15) is 4.79 Å². The molecule has 3 heteroatoms. The van der Waals surface area contributed by atoms with Crippen molar-refractivity contribution in [3.8, 4) is 28.0 Å². The highest BCUT2D eigenvalue weighted by Crippen LogP contribution is 2.38. The molecule has 0 bridgehead atoms. The van der Waals surface area contributed by atoms with Crippen LogP contribution in [0.5, 0.6) is 5.75 Å². The number of esters is 1. The summed E-state index contributed by atoms with van der Waals surface area (Å²) in [7, 11) is 0. The Labute approximate surface area is 247 Å². The van der Waals surface area contributed by atoms with E-state index in [4.69, 9.17) is 9.47 Å². The largest absolute Gasteiger partial charge is 0.494 e. The van der Waals surface area contributed by atoms with E-state index >= 15 is 0 Å². The highest BCUT2D eigenvalue weighted by Gasteiger charge is 2.21. The number of rotatable bonds is 15. The van der Waals surface area contributed by atoms with Gasteiger partial charge in [0.2, 0.25) is 0 Å². The topological polar surface area (TPSA) is 35.5 Å². The predicted octanol–water partition coefficient (Wildman–Crippen LogP) is 11.0. The van der Waals surface area contributed by atoms with Crippen LogP contribution in [0.15, 0.2) is 96.8 Å². The van der Waals surface area contributed by atoms with E-state index in [-0.39, 0.29) is 5.97 Å². The summed E-state index contributed by atoms with van der Waals surface area (Å²) in [5.74, 6) is 1.73. The molecule has 3 nitrogen and oxygen atoms in total.